The molecule has 3 aromatic rings. The van der Waals surface area contributed by atoms with Crippen molar-refractivity contribution in [1.29, 1.82) is 0 Å². The fourth-order valence-electron chi connectivity index (χ4n) is 3.42. The van der Waals surface area contributed by atoms with Gasteiger partial charge >= 0.3 is 0 Å². The van der Waals surface area contributed by atoms with Gasteiger partial charge in [-0.3, -0.25) is 9.59 Å². The maximum atomic E-state index is 12.9. The van der Waals surface area contributed by atoms with Gasteiger partial charge in [0.25, 0.3) is 5.91 Å². The van der Waals surface area contributed by atoms with Gasteiger partial charge in [-0.2, -0.15) is 0 Å². The van der Waals surface area contributed by atoms with Crippen LogP contribution in [0, 0.1) is 5.92 Å². The van der Waals surface area contributed by atoms with Crippen molar-refractivity contribution in [2.45, 2.75) is 44.8 Å². The van der Waals surface area contributed by atoms with E-state index in [1.807, 2.05) is 45.2 Å². The molecule has 0 aliphatic rings. The molecular formula is C25H29Cl2N5O2S. The van der Waals surface area contributed by atoms with Crippen molar-refractivity contribution < 1.29 is 9.59 Å². The number of nitrogens with zero attached hydrogens (tertiary/aromatic N) is 3. The lowest BCUT2D eigenvalue weighted by Gasteiger charge is -2.22. The third kappa shape index (κ3) is 6.99. The van der Waals surface area contributed by atoms with Crippen molar-refractivity contribution in [1.82, 2.24) is 20.1 Å². The average molecular weight is 535 g/mol. The molecule has 1 atom stereocenters. The standard InChI is InChI=1S/C25H29Cl2N5O2S/c1-14(2)16-6-9-18(10-7-16)28-21(33)13-35-25-31-30-23(32(25)5)22(15(3)4)29-24(34)19-11-8-17(26)12-20(19)27/h6-12,14-15,22H,13H2,1-5H3,(H,28,33)(H,29,34)/t22-/m0/s1. The molecule has 0 fully saturated rings. The van der Waals surface area contributed by atoms with Crippen LogP contribution in [0.4, 0.5) is 5.69 Å². The van der Waals surface area contributed by atoms with Gasteiger partial charge < -0.3 is 15.2 Å². The Morgan fingerprint density at radius 3 is 2.31 bits per heavy atom. The minimum atomic E-state index is -0.408. The number of rotatable bonds is 9. The molecule has 2 aromatic carbocycles. The first-order valence-electron chi connectivity index (χ1n) is 11.2. The van der Waals surface area contributed by atoms with Crippen LogP contribution in [-0.4, -0.2) is 32.3 Å². The first kappa shape index (κ1) is 27.0. The normalized spacial score (nSPS) is 12.1. The van der Waals surface area contributed by atoms with Crippen molar-refractivity contribution in [2.75, 3.05) is 11.1 Å². The highest BCUT2D eigenvalue weighted by Crippen LogP contribution is 2.26. The summed E-state index contributed by atoms with van der Waals surface area (Å²) in [7, 11) is 1.82. The molecule has 1 aromatic heterocycles. The zero-order valence-corrected chi connectivity index (χ0v) is 22.6. The zero-order valence-electron chi connectivity index (χ0n) is 20.3. The Kier molecular flexibility index (Phi) is 9.21. The minimum Gasteiger partial charge on any atom is -0.342 e. The second-order valence-corrected chi connectivity index (χ2v) is 10.6. The van der Waals surface area contributed by atoms with Crippen LogP contribution in [0.3, 0.4) is 0 Å². The third-order valence-corrected chi connectivity index (χ3v) is 7.04. The van der Waals surface area contributed by atoms with Gasteiger partial charge in [0.15, 0.2) is 11.0 Å². The molecule has 0 radical (unpaired) electrons. The lowest BCUT2D eigenvalue weighted by molar-refractivity contribution is -0.113. The molecule has 0 saturated carbocycles. The molecule has 1 heterocycles. The summed E-state index contributed by atoms with van der Waals surface area (Å²) in [6.07, 6.45) is 0. The zero-order chi connectivity index (χ0) is 25.7. The second-order valence-electron chi connectivity index (χ2n) is 8.83. The number of thioether (sulfide) groups is 1. The number of hydrogen-bond donors (Lipinski definition) is 2. The number of anilines is 1. The van der Waals surface area contributed by atoms with Crippen molar-refractivity contribution in [3.63, 3.8) is 0 Å². The highest BCUT2D eigenvalue weighted by molar-refractivity contribution is 7.99. The average Bonchev–Trinajstić information content (AvgIpc) is 3.16. The second kappa shape index (κ2) is 11.9. The summed E-state index contributed by atoms with van der Waals surface area (Å²) in [6.45, 7) is 8.21. The van der Waals surface area contributed by atoms with Gasteiger partial charge in [-0.05, 0) is 47.7 Å². The summed E-state index contributed by atoms with van der Waals surface area (Å²) in [5.74, 6) is 0.765. The van der Waals surface area contributed by atoms with E-state index in [4.69, 9.17) is 23.2 Å². The van der Waals surface area contributed by atoms with E-state index >= 15 is 0 Å². The molecule has 0 unspecified atom stereocenters. The van der Waals surface area contributed by atoms with Gasteiger partial charge in [-0.1, -0.05) is 74.8 Å². The number of carbonyl (C=O) groups excluding carboxylic acids is 2. The molecule has 0 bridgehead atoms. The highest BCUT2D eigenvalue weighted by Gasteiger charge is 2.26. The minimum absolute atomic E-state index is 0.0304. The molecule has 10 heteroatoms. The number of halogens is 2. The Bertz CT molecular complexity index is 1200. The molecule has 7 nitrogen and oxygen atoms in total. The van der Waals surface area contributed by atoms with Gasteiger partial charge in [0.1, 0.15) is 0 Å². The summed E-state index contributed by atoms with van der Waals surface area (Å²) in [5.41, 5.74) is 2.30. The van der Waals surface area contributed by atoms with Crippen molar-refractivity contribution in [3.05, 3.63) is 69.5 Å². The summed E-state index contributed by atoms with van der Waals surface area (Å²) in [4.78, 5) is 25.3. The van der Waals surface area contributed by atoms with Crippen molar-refractivity contribution in [2.24, 2.45) is 13.0 Å². The fraction of sp³-hybridized carbons (Fsp3) is 0.360. The predicted molar refractivity (Wildman–Crippen MR) is 142 cm³/mol. The number of aromatic nitrogens is 3. The summed E-state index contributed by atoms with van der Waals surface area (Å²) in [6, 6.07) is 12.2. The first-order valence-corrected chi connectivity index (χ1v) is 13.0. The Hall–Kier alpha value is -2.55. The van der Waals surface area contributed by atoms with Crippen LogP contribution in [0.1, 0.15) is 61.4 Å². The molecule has 0 aliphatic heterocycles. The summed E-state index contributed by atoms with van der Waals surface area (Å²) >= 11 is 13.4. The van der Waals surface area contributed by atoms with Gasteiger partial charge in [-0.15, -0.1) is 10.2 Å². The van der Waals surface area contributed by atoms with Crippen LogP contribution in [0.25, 0.3) is 0 Å². The van der Waals surface area contributed by atoms with Crippen LogP contribution in [0.2, 0.25) is 10.0 Å². The Morgan fingerprint density at radius 2 is 1.71 bits per heavy atom. The Balaban J connectivity index is 1.65. The van der Waals surface area contributed by atoms with E-state index in [2.05, 4.69) is 34.7 Å². The van der Waals surface area contributed by atoms with Gasteiger partial charge in [0.2, 0.25) is 5.91 Å². The van der Waals surface area contributed by atoms with E-state index in [1.54, 1.807) is 16.7 Å². The Labute approximate surface area is 220 Å². The maximum Gasteiger partial charge on any atom is 0.253 e. The van der Waals surface area contributed by atoms with Crippen LogP contribution < -0.4 is 10.6 Å². The molecule has 186 valence electrons. The molecule has 0 saturated heterocycles. The van der Waals surface area contributed by atoms with E-state index in [-0.39, 0.29) is 28.5 Å². The molecule has 0 spiro atoms. The topological polar surface area (TPSA) is 88.9 Å². The summed E-state index contributed by atoms with van der Waals surface area (Å²) < 4.78 is 1.80. The van der Waals surface area contributed by atoms with Crippen LogP contribution in [0.15, 0.2) is 47.6 Å². The van der Waals surface area contributed by atoms with Crippen LogP contribution >= 0.6 is 35.0 Å². The third-order valence-electron chi connectivity index (χ3n) is 5.47. The molecule has 0 aliphatic carbocycles. The monoisotopic (exact) mass is 533 g/mol. The number of hydrogen-bond acceptors (Lipinski definition) is 5. The lowest BCUT2D eigenvalue weighted by Crippen LogP contribution is -2.33. The quantitative estimate of drug-likeness (QED) is 0.324. The fourth-order valence-corrected chi connectivity index (χ4v) is 4.64. The largest absolute Gasteiger partial charge is 0.342 e. The lowest BCUT2D eigenvalue weighted by atomic mass is 10.0. The molecule has 35 heavy (non-hydrogen) atoms. The smallest absolute Gasteiger partial charge is 0.253 e. The molecular weight excluding hydrogens is 505 g/mol. The van der Waals surface area contributed by atoms with E-state index < -0.39 is 6.04 Å². The number of carbonyl (C=O) groups is 2. The number of nitrogens with one attached hydrogen (secondary N) is 2. The van der Waals surface area contributed by atoms with E-state index in [1.165, 1.54) is 23.4 Å². The van der Waals surface area contributed by atoms with Crippen molar-refractivity contribution >= 4 is 52.5 Å². The highest BCUT2D eigenvalue weighted by atomic mass is 35.5. The van der Waals surface area contributed by atoms with E-state index in [0.29, 0.717) is 27.5 Å². The van der Waals surface area contributed by atoms with Gasteiger partial charge in [0, 0.05) is 17.8 Å². The van der Waals surface area contributed by atoms with E-state index in [0.717, 1.165) is 5.69 Å². The molecule has 3 rings (SSSR count). The molecule has 2 N–H and O–H groups in total. The predicted octanol–water partition coefficient (Wildman–Crippen LogP) is 6.10. The maximum absolute atomic E-state index is 12.9. The first-order chi connectivity index (χ1) is 16.6. The van der Waals surface area contributed by atoms with Gasteiger partial charge in [0.05, 0.1) is 22.4 Å². The number of benzene rings is 2. The number of amides is 2. The van der Waals surface area contributed by atoms with Crippen LogP contribution in [0.5, 0.6) is 0 Å². The SMILES string of the molecule is CC(C)c1ccc(NC(=O)CSc2nnc([C@@H](NC(=O)c3ccc(Cl)cc3Cl)C(C)C)n2C)cc1. The Morgan fingerprint density at radius 1 is 1.03 bits per heavy atom. The molecule has 2 amide bonds. The van der Waals surface area contributed by atoms with E-state index in [9.17, 15) is 9.59 Å². The van der Waals surface area contributed by atoms with Gasteiger partial charge in [-0.25, -0.2) is 0 Å². The summed E-state index contributed by atoms with van der Waals surface area (Å²) in [5, 5.41) is 15.7. The van der Waals surface area contributed by atoms with Crippen LogP contribution in [-0.2, 0) is 11.8 Å². The van der Waals surface area contributed by atoms with Crippen molar-refractivity contribution in [3.8, 4) is 0 Å².